The first kappa shape index (κ1) is 28.0. The number of aliphatic hydroxyl groups excluding tert-OH is 1. The third-order valence-electron chi connectivity index (χ3n) is 11.2. The zero-order chi connectivity index (χ0) is 28.8. The third kappa shape index (κ3) is 4.98. The number of allylic oxidation sites excluding steroid dienone is 2. The number of benzene rings is 1. The van der Waals surface area contributed by atoms with Gasteiger partial charge in [0, 0.05) is 23.5 Å². The summed E-state index contributed by atoms with van der Waals surface area (Å²) in [7, 11) is 1.32. The van der Waals surface area contributed by atoms with Crippen molar-refractivity contribution in [1.82, 2.24) is 10.3 Å². The van der Waals surface area contributed by atoms with Crippen molar-refractivity contribution in [2.24, 2.45) is 33.7 Å². The molecule has 2 aromatic rings. The average Bonchev–Trinajstić information content (AvgIpc) is 3.52. The Bertz CT molecular complexity index is 1380. The van der Waals surface area contributed by atoms with Crippen LogP contribution < -0.4 is 5.32 Å². The molecule has 0 radical (unpaired) electrons. The quantitative estimate of drug-likeness (QED) is 0.323. The van der Waals surface area contributed by atoms with Gasteiger partial charge in [0.2, 0.25) is 0 Å². The van der Waals surface area contributed by atoms with Crippen LogP contribution in [0.5, 0.6) is 0 Å². The van der Waals surface area contributed by atoms with Gasteiger partial charge in [0.1, 0.15) is 6.04 Å². The summed E-state index contributed by atoms with van der Waals surface area (Å²) in [5, 5.41) is 18.8. The Morgan fingerprint density at radius 3 is 2.78 bits per heavy atom. The van der Waals surface area contributed by atoms with Crippen molar-refractivity contribution in [1.29, 1.82) is 0 Å². The van der Waals surface area contributed by atoms with E-state index in [1.165, 1.54) is 25.5 Å². The monoisotopic (exact) mass is 561 g/mol. The number of ether oxygens (including phenoxy) is 1. The molecule has 4 aliphatic carbocycles. The lowest BCUT2D eigenvalue weighted by atomic mass is 9.47. The second kappa shape index (κ2) is 10.9. The number of methoxy groups -OCH3 is 1. The number of carbonyl (C=O) groups excluding carboxylic acids is 2. The van der Waals surface area contributed by atoms with Crippen LogP contribution >= 0.6 is 0 Å². The van der Waals surface area contributed by atoms with Gasteiger partial charge < -0.3 is 25.0 Å². The molecule has 8 heteroatoms. The summed E-state index contributed by atoms with van der Waals surface area (Å²) < 4.78 is 4.95. The fourth-order valence-electron chi connectivity index (χ4n) is 8.88. The lowest BCUT2D eigenvalue weighted by Crippen LogP contribution is -2.51. The molecule has 0 spiro atoms. The number of nitrogens with zero attached hydrogens (tertiary/aromatic N) is 1. The van der Waals surface area contributed by atoms with Crippen molar-refractivity contribution in [3.63, 3.8) is 0 Å². The molecule has 0 unspecified atom stereocenters. The number of fused-ring (bicyclic) bond motifs is 6. The SMILES string of the molecule is COC(=O)[C@@H](Cc1c[nH]c2ccccc12)NC(=O)CO/N=C1/C=C2CC[C@@H]3[C@H]4CC[C@H](O)[C@@]4(C)CC[C@H]3[C@@]2(C)CC1. The summed E-state index contributed by atoms with van der Waals surface area (Å²) in [5.41, 5.74) is 4.51. The number of esters is 1. The minimum atomic E-state index is -0.825. The molecule has 220 valence electrons. The van der Waals surface area contributed by atoms with Gasteiger partial charge in [-0.3, -0.25) is 4.79 Å². The van der Waals surface area contributed by atoms with E-state index in [9.17, 15) is 14.7 Å². The highest BCUT2D eigenvalue weighted by molar-refractivity contribution is 5.96. The van der Waals surface area contributed by atoms with Crippen molar-refractivity contribution >= 4 is 28.5 Å². The van der Waals surface area contributed by atoms with E-state index in [0.29, 0.717) is 24.2 Å². The van der Waals surface area contributed by atoms with Gasteiger partial charge in [-0.15, -0.1) is 0 Å². The highest BCUT2D eigenvalue weighted by atomic mass is 16.6. The molecule has 8 nitrogen and oxygen atoms in total. The Balaban J connectivity index is 1.07. The van der Waals surface area contributed by atoms with E-state index < -0.39 is 17.9 Å². The van der Waals surface area contributed by atoms with Crippen molar-refractivity contribution in [3.05, 3.63) is 47.7 Å². The number of rotatable bonds is 7. The number of H-pyrrole nitrogens is 1. The Kier molecular flexibility index (Phi) is 7.47. The van der Waals surface area contributed by atoms with Crippen LogP contribution in [0.15, 0.2) is 47.3 Å². The van der Waals surface area contributed by atoms with Crippen LogP contribution in [0.4, 0.5) is 0 Å². The fraction of sp³-hybridized carbons (Fsp3) is 0.606. The second-order valence-corrected chi connectivity index (χ2v) is 13.2. The van der Waals surface area contributed by atoms with Crippen LogP contribution in [0.2, 0.25) is 0 Å². The smallest absolute Gasteiger partial charge is 0.328 e. The zero-order valence-corrected chi connectivity index (χ0v) is 24.4. The Labute approximate surface area is 241 Å². The first-order valence-electron chi connectivity index (χ1n) is 15.2. The first-order chi connectivity index (χ1) is 19.7. The minimum Gasteiger partial charge on any atom is -0.467 e. The summed E-state index contributed by atoms with van der Waals surface area (Å²) in [4.78, 5) is 33.9. The number of nitrogens with one attached hydrogen (secondary N) is 2. The number of aromatic amines is 1. The Morgan fingerprint density at radius 1 is 1.12 bits per heavy atom. The maximum Gasteiger partial charge on any atom is 0.328 e. The molecule has 1 aromatic heterocycles. The van der Waals surface area contributed by atoms with E-state index in [2.05, 4.69) is 35.4 Å². The molecule has 0 aliphatic heterocycles. The number of aromatic nitrogens is 1. The zero-order valence-electron chi connectivity index (χ0n) is 24.4. The lowest BCUT2D eigenvalue weighted by Gasteiger charge is -2.57. The molecule has 1 heterocycles. The second-order valence-electron chi connectivity index (χ2n) is 13.2. The Hall–Kier alpha value is -3.13. The molecule has 3 saturated carbocycles. The predicted molar refractivity (Wildman–Crippen MR) is 157 cm³/mol. The summed E-state index contributed by atoms with van der Waals surface area (Å²) in [5.74, 6) is 1.07. The van der Waals surface area contributed by atoms with E-state index in [1.54, 1.807) is 0 Å². The van der Waals surface area contributed by atoms with Gasteiger partial charge in [-0.2, -0.15) is 0 Å². The standard InChI is InChI=1S/C33H43N3O5/c1-32-14-12-22(17-21(32)8-9-24-25-10-11-29(37)33(25,2)15-13-26(24)32)36-41-19-30(38)35-28(31(39)40-3)16-20-18-34-27-7-5-4-6-23(20)27/h4-7,17-18,24-26,28-29,34,37H,8-16,19H2,1-3H3,(H,35,38)/b36-22+/t24-,25-,26-,28-,29+,32+,33+/m1/s1. The normalized spacial score (nSPS) is 34.2. The van der Waals surface area contributed by atoms with E-state index in [1.807, 2.05) is 30.5 Å². The molecule has 41 heavy (non-hydrogen) atoms. The largest absolute Gasteiger partial charge is 0.467 e. The number of oxime groups is 1. The third-order valence-corrected chi connectivity index (χ3v) is 11.2. The molecule has 1 amide bonds. The van der Waals surface area contributed by atoms with Crippen molar-refractivity contribution in [2.75, 3.05) is 13.7 Å². The van der Waals surface area contributed by atoms with Crippen LogP contribution in [-0.2, 0) is 25.6 Å². The molecule has 7 atom stereocenters. The topological polar surface area (TPSA) is 113 Å². The molecular formula is C33H43N3O5. The maximum absolute atomic E-state index is 12.7. The summed E-state index contributed by atoms with van der Waals surface area (Å²) in [6.45, 7) is 4.50. The van der Waals surface area contributed by atoms with Crippen LogP contribution in [0, 0.1) is 28.6 Å². The number of para-hydroxylation sites is 1. The molecule has 0 bridgehead atoms. The van der Waals surface area contributed by atoms with Crippen molar-refractivity contribution in [2.45, 2.75) is 83.8 Å². The van der Waals surface area contributed by atoms with Crippen molar-refractivity contribution in [3.8, 4) is 0 Å². The van der Waals surface area contributed by atoms with Crippen LogP contribution in [0.25, 0.3) is 10.9 Å². The molecule has 0 saturated heterocycles. The fourth-order valence-corrected chi connectivity index (χ4v) is 8.88. The average molecular weight is 562 g/mol. The number of hydrogen-bond acceptors (Lipinski definition) is 6. The van der Waals surface area contributed by atoms with Gasteiger partial charge in [-0.1, -0.05) is 42.8 Å². The van der Waals surface area contributed by atoms with Crippen LogP contribution in [-0.4, -0.2) is 53.5 Å². The maximum atomic E-state index is 12.7. The van der Waals surface area contributed by atoms with Crippen LogP contribution in [0.1, 0.15) is 70.8 Å². The van der Waals surface area contributed by atoms with Gasteiger partial charge >= 0.3 is 5.97 Å². The highest BCUT2D eigenvalue weighted by Crippen LogP contribution is 2.65. The van der Waals surface area contributed by atoms with Gasteiger partial charge in [0.05, 0.1) is 18.9 Å². The van der Waals surface area contributed by atoms with E-state index in [4.69, 9.17) is 9.57 Å². The van der Waals surface area contributed by atoms with Gasteiger partial charge in [0.25, 0.3) is 5.91 Å². The number of hydrogen-bond donors (Lipinski definition) is 3. The molecule has 3 fully saturated rings. The van der Waals surface area contributed by atoms with Gasteiger partial charge in [-0.05, 0) is 97.7 Å². The first-order valence-corrected chi connectivity index (χ1v) is 15.2. The summed E-state index contributed by atoms with van der Waals surface area (Å²) in [6, 6.07) is 7.02. The van der Waals surface area contributed by atoms with E-state index >= 15 is 0 Å². The molecule has 4 aliphatic rings. The number of aliphatic hydroxyl groups is 1. The lowest BCUT2D eigenvalue weighted by molar-refractivity contribution is -0.145. The molecular weight excluding hydrogens is 518 g/mol. The van der Waals surface area contributed by atoms with E-state index in [-0.39, 0.29) is 23.5 Å². The highest BCUT2D eigenvalue weighted by Gasteiger charge is 2.58. The van der Waals surface area contributed by atoms with Gasteiger partial charge in [0.15, 0.2) is 6.61 Å². The summed E-state index contributed by atoms with van der Waals surface area (Å²) in [6.07, 6.45) is 12.8. The molecule has 1 aromatic carbocycles. The van der Waals surface area contributed by atoms with Crippen LogP contribution in [0.3, 0.4) is 0 Å². The Morgan fingerprint density at radius 2 is 1.95 bits per heavy atom. The number of carbonyl (C=O) groups is 2. The number of amides is 1. The minimum absolute atomic E-state index is 0.0940. The molecule has 6 rings (SSSR count). The predicted octanol–water partition coefficient (Wildman–Crippen LogP) is 5.06. The molecule has 3 N–H and O–H groups in total. The van der Waals surface area contributed by atoms with E-state index in [0.717, 1.165) is 60.7 Å². The van der Waals surface area contributed by atoms with Gasteiger partial charge in [-0.25, -0.2) is 4.79 Å². The van der Waals surface area contributed by atoms with Crippen molar-refractivity contribution < 1.29 is 24.3 Å². The summed E-state index contributed by atoms with van der Waals surface area (Å²) >= 11 is 0.